The molecule has 0 aromatic carbocycles. The monoisotopic (exact) mass is 370 g/mol. The van der Waals surface area contributed by atoms with Crippen molar-refractivity contribution in [3.05, 3.63) is 40.8 Å². The maximum Gasteiger partial charge on any atom is 0.223 e. The number of aromatic nitrogens is 2. The third-order valence-corrected chi connectivity index (χ3v) is 5.64. The highest BCUT2D eigenvalue weighted by molar-refractivity contribution is 5.79. The summed E-state index contributed by atoms with van der Waals surface area (Å²) in [6, 6.07) is 2.15. The highest BCUT2D eigenvalue weighted by Crippen LogP contribution is 2.26. The third-order valence-electron chi connectivity index (χ3n) is 5.64. The van der Waals surface area contributed by atoms with E-state index in [2.05, 4.69) is 59.0 Å². The van der Waals surface area contributed by atoms with Crippen molar-refractivity contribution in [3.63, 3.8) is 0 Å². The molecule has 1 fully saturated rings. The van der Waals surface area contributed by atoms with Crippen molar-refractivity contribution in [1.82, 2.24) is 20.0 Å². The first-order valence-corrected chi connectivity index (χ1v) is 10.4. The van der Waals surface area contributed by atoms with Crippen molar-refractivity contribution in [2.45, 2.75) is 72.5 Å². The predicted molar refractivity (Wildman–Crippen MR) is 109 cm³/mol. The van der Waals surface area contributed by atoms with Crippen LogP contribution in [0.1, 0.15) is 64.3 Å². The molecule has 0 radical (unpaired) electrons. The zero-order chi connectivity index (χ0) is 19.2. The van der Waals surface area contributed by atoms with Gasteiger partial charge >= 0.3 is 0 Å². The number of rotatable bonds is 8. The molecule has 5 heteroatoms. The summed E-state index contributed by atoms with van der Waals surface area (Å²) in [5.74, 6) is 0.437. The van der Waals surface area contributed by atoms with E-state index in [1.54, 1.807) is 0 Å². The molecule has 0 saturated heterocycles. The van der Waals surface area contributed by atoms with Crippen LogP contribution in [0.4, 0.5) is 0 Å². The number of amides is 1. The Morgan fingerprint density at radius 2 is 2.07 bits per heavy atom. The number of nitrogens with zero attached hydrogens (tertiary/aromatic N) is 3. The fraction of sp³-hybridized carbons (Fsp3) is 0.636. The fourth-order valence-electron chi connectivity index (χ4n) is 3.59. The van der Waals surface area contributed by atoms with E-state index in [-0.39, 0.29) is 11.8 Å². The SMILES string of the molecule is CC(C)=CCC/C(C)=C/CN1CCn2nc(CNC(=O)C3CCC3)cc2C1. The van der Waals surface area contributed by atoms with Crippen molar-refractivity contribution in [2.24, 2.45) is 5.92 Å². The zero-order valence-corrected chi connectivity index (χ0v) is 17.1. The van der Waals surface area contributed by atoms with E-state index in [4.69, 9.17) is 0 Å². The first-order valence-electron chi connectivity index (χ1n) is 10.4. The third kappa shape index (κ3) is 5.80. The molecule has 0 bridgehead atoms. The van der Waals surface area contributed by atoms with Crippen molar-refractivity contribution >= 4 is 5.91 Å². The molecule has 3 rings (SSSR count). The van der Waals surface area contributed by atoms with Crippen LogP contribution in [0.25, 0.3) is 0 Å². The van der Waals surface area contributed by atoms with Gasteiger partial charge in [-0.2, -0.15) is 5.10 Å². The summed E-state index contributed by atoms with van der Waals surface area (Å²) in [7, 11) is 0. The number of carbonyl (C=O) groups excluding carboxylic acids is 1. The van der Waals surface area contributed by atoms with Gasteiger partial charge < -0.3 is 5.32 Å². The largest absolute Gasteiger partial charge is 0.350 e. The van der Waals surface area contributed by atoms with E-state index in [0.29, 0.717) is 6.54 Å². The zero-order valence-electron chi connectivity index (χ0n) is 17.1. The number of carbonyl (C=O) groups is 1. The van der Waals surface area contributed by atoms with Gasteiger partial charge in [0, 0.05) is 25.6 Å². The van der Waals surface area contributed by atoms with Crippen LogP contribution in [0.5, 0.6) is 0 Å². The Bertz CT molecular complexity index is 708. The van der Waals surface area contributed by atoms with E-state index in [9.17, 15) is 4.79 Å². The first-order chi connectivity index (χ1) is 13.0. The smallest absolute Gasteiger partial charge is 0.223 e. The van der Waals surface area contributed by atoms with E-state index in [0.717, 1.165) is 57.6 Å². The lowest BCUT2D eigenvalue weighted by atomic mass is 9.85. The Balaban J connectivity index is 1.45. The summed E-state index contributed by atoms with van der Waals surface area (Å²) in [5.41, 5.74) is 5.09. The van der Waals surface area contributed by atoms with Gasteiger partial charge in [-0.25, -0.2) is 0 Å². The van der Waals surface area contributed by atoms with Gasteiger partial charge in [-0.3, -0.25) is 14.4 Å². The molecule has 148 valence electrons. The normalized spacial score (nSPS) is 18.0. The summed E-state index contributed by atoms with van der Waals surface area (Å²) in [5, 5.41) is 7.71. The second-order valence-electron chi connectivity index (χ2n) is 8.30. The molecule has 1 N–H and O–H groups in total. The molecular formula is C22H34N4O. The minimum Gasteiger partial charge on any atom is -0.350 e. The topological polar surface area (TPSA) is 50.2 Å². The van der Waals surface area contributed by atoms with Crippen molar-refractivity contribution in [3.8, 4) is 0 Å². The molecule has 0 unspecified atom stereocenters. The van der Waals surface area contributed by atoms with Crippen LogP contribution < -0.4 is 5.32 Å². The maximum absolute atomic E-state index is 12.0. The Kier molecular flexibility index (Phi) is 6.89. The molecule has 1 amide bonds. The van der Waals surface area contributed by atoms with Crippen molar-refractivity contribution < 1.29 is 4.79 Å². The number of hydrogen-bond acceptors (Lipinski definition) is 3. The average molecular weight is 371 g/mol. The van der Waals surface area contributed by atoms with Gasteiger partial charge in [0.15, 0.2) is 0 Å². The Morgan fingerprint density at radius 1 is 1.26 bits per heavy atom. The van der Waals surface area contributed by atoms with Crippen LogP contribution in [0, 0.1) is 5.92 Å². The Hall–Kier alpha value is -1.88. The van der Waals surface area contributed by atoms with E-state index >= 15 is 0 Å². The van der Waals surface area contributed by atoms with Crippen LogP contribution in [0.3, 0.4) is 0 Å². The van der Waals surface area contributed by atoms with Gasteiger partial charge in [0.1, 0.15) is 0 Å². The maximum atomic E-state index is 12.0. The lowest BCUT2D eigenvalue weighted by Crippen LogP contribution is -2.34. The van der Waals surface area contributed by atoms with E-state index in [1.807, 2.05) is 0 Å². The molecule has 0 atom stereocenters. The van der Waals surface area contributed by atoms with Gasteiger partial charge in [0.2, 0.25) is 5.91 Å². The molecule has 1 aromatic rings. The summed E-state index contributed by atoms with van der Waals surface area (Å²) in [6.07, 6.45) is 10.2. The van der Waals surface area contributed by atoms with Gasteiger partial charge in [-0.05, 0) is 52.5 Å². The lowest BCUT2D eigenvalue weighted by Gasteiger charge is -2.26. The molecule has 2 aliphatic rings. The highest BCUT2D eigenvalue weighted by atomic mass is 16.1. The minimum atomic E-state index is 0.197. The van der Waals surface area contributed by atoms with Crippen LogP contribution >= 0.6 is 0 Å². The molecule has 5 nitrogen and oxygen atoms in total. The second-order valence-corrected chi connectivity index (χ2v) is 8.30. The standard InChI is InChI=1S/C22H34N4O/c1-17(2)6-4-7-18(3)10-11-25-12-13-26-21(16-25)14-20(24-26)15-23-22(27)19-8-5-9-19/h6,10,14,19H,4-5,7-9,11-13,15-16H2,1-3H3,(H,23,27)/b18-10+. The highest BCUT2D eigenvalue weighted by Gasteiger charge is 2.25. The van der Waals surface area contributed by atoms with Gasteiger partial charge in [0.05, 0.1) is 24.5 Å². The van der Waals surface area contributed by atoms with E-state index < -0.39 is 0 Å². The van der Waals surface area contributed by atoms with Crippen LogP contribution in [-0.4, -0.2) is 33.7 Å². The van der Waals surface area contributed by atoms with Gasteiger partial charge in [0.25, 0.3) is 0 Å². The molecule has 1 aromatic heterocycles. The van der Waals surface area contributed by atoms with Crippen LogP contribution in [0.15, 0.2) is 29.4 Å². The summed E-state index contributed by atoms with van der Waals surface area (Å²) in [6.45, 7) is 11.0. The average Bonchev–Trinajstić information content (AvgIpc) is 2.98. The Labute approximate surface area is 163 Å². The molecule has 0 spiro atoms. The number of nitrogens with one attached hydrogen (secondary N) is 1. The molecule has 1 aliphatic heterocycles. The van der Waals surface area contributed by atoms with E-state index in [1.165, 1.54) is 23.3 Å². The van der Waals surface area contributed by atoms with Crippen molar-refractivity contribution in [2.75, 3.05) is 13.1 Å². The summed E-state index contributed by atoms with van der Waals surface area (Å²) < 4.78 is 2.10. The number of fused-ring (bicyclic) bond motifs is 1. The number of allylic oxidation sites excluding steroid dienone is 3. The molecular weight excluding hydrogens is 336 g/mol. The number of hydrogen-bond donors (Lipinski definition) is 1. The van der Waals surface area contributed by atoms with Crippen LogP contribution in [0.2, 0.25) is 0 Å². The summed E-state index contributed by atoms with van der Waals surface area (Å²) >= 11 is 0. The summed E-state index contributed by atoms with van der Waals surface area (Å²) in [4.78, 5) is 14.5. The predicted octanol–water partition coefficient (Wildman–Crippen LogP) is 3.81. The molecule has 27 heavy (non-hydrogen) atoms. The molecule has 2 heterocycles. The lowest BCUT2D eigenvalue weighted by molar-refractivity contribution is -0.127. The first kappa shape index (κ1) is 19.9. The minimum absolute atomic E-state index is 0.197. The second kappa shape index (κ2) is 9.36. The van der Waals surface area contributed by atoms with Crippen molar-refractivity contribution in [1.29, 1.82) is 0 Å². The molecule has 1 aliphatic carbocycles. The van der Waals surface area contributed by atoms with Gasteiger partial charge in [-0.1, -0.05) is 29.7 Å². The Morgan fingerprint density at radius 3 is 2.78 bits per heavy atom. The van der Waals surface area contributed by atoms with Gasteiger partial charge in [-0.15, -0.1) is 0 Å². The quantitative estimate of drug-likeness (QED) is 0.708. The molecule has 1 saturated carbocycles. The van der Waals surface area contributed by atoms with Crippen LogP contribution in [-0.2, 0) is 24.4 Å². The fourth-order valence-corrected chi connectivity index (χ4v) is 3.59.